The zero-order valence-electron chi connectivity index (χ0n) is 10.9. The molecule has 94 valence electrons. The second-order valence-electron chi connectivity index (χ2n) is 4.03. The van der Waals surface area contributed by atoms with Crippen molar-refractivity contribution in [1.29, 1.82) is 0 Å². The van der Waals surface area contributed by atoms with E-state index < -0.39 is 0 Å². The van der Waals surface area contributed by atoms with Crippen molar-refractivity contribution in [1.82, 2.24) is 9.97 Å². The van der Waals surface area contributed by atoms with Gasteiger partial charge >= 0.3 is 0 Å². The smallest absolute Gasteiger partial charge is 0.174 e. The summed E-state index contributed by atoms with van der Waals surface area (Å²) in [5.41, 5.74) is 2.02. The van der Waals surface area contributed by atoms with Crippen molar-refractivity contribution in [2.75, 3.05) is 11.9 Å². The lowest BCUT2D eigenvalue weighted by Crippen LogP contribution is -2.03. The van der Waals surface area contributed by atoms with Gasteiger partial charge in [-0.1, -0.05) is 6.07 Å². The molecular weight excluding hydrogens is 226 g/mol. The Labute approximate surface area is 107 Å². The summed E-state index contributed by atoms with van der Waals surface area (Å²) in [6.07, 6.45) is 1.76. The fourth-order valence-electron chi connectivity index (χ4n) is 1.69. The average molecular weight is 243 g/mol. The summed E-state index contributed by atoms with van der Waals surface area (Å²) in [6.45, 7) is 6.53. The van der Waals surface area contributed by atoms with Crippen LogP contribution in [0.3, 0.4) is 0 Å². The van der Waals surface area contributed by atoms with Crippen LogP contribution in [0.2, 0.25) is 0 Å². The quantitative estimate of drug-likeness (QED) is 0.895. The zero-order chi connectivity index (χ0) is 13.0. The van der Waals surface area contributed by atoms with E-state index >= 15 is 0 Å². The molecule has 0 spiro atoms. The summed E-state index contributed by atoms with van der Waals surface area (Å²) in [6, 6.07) is 7.76. The van der Waals surface area contributed by atoms with Gasteiger partial charge in [0.1, 0.15) is 5.82 Å². The second-order valence-corrected chi connectivity index (χ2v) is 4.03. The molecule has 0 fully saturated rings. The van der Waals surface area contributed by atoms with Crippen LogP contribution in [0.1, 0.15) is 18.2 Å². The van der Waals surface area contributed by atoms with Crippen LogP contribution < -0.4 is 10.1 Å². The van der Waals surface area contributed by atoms with E-state index in [0.29, 0.717) is 12.4 Å². The standard InChI is InChI=1S/C14H17N3O/c1-4-18-13-10(2)8-9-15-14(13)17-12-7-5-6-11(3)16-12/h5-9H,4H2,1-3H3,(H,15,16,17). The molecule has 2 heterocycles. The van der Waals surface area contributed by atoms with Gasteiger partial charge in [-0.2, -0.15) is 0 Å². The van der Waals surface area contributed by atoms with Crippen LogP contribution in [0.15, 0.2) is 30.5 Å². The van der Waals surface area contributed by atoms with E-state index in [9.17, 15) is 0 Å². The van der Waals surface area contributed by atoms with Crippen LogP contribution in [-0.2, 0) is 0 Å². The first-order valence-corrected chi connectivity index (χ1v) is 5.99. The molecule has 2 aromatic heterocycles. The van der Waals surface area contributed by atoms with Gasteiger partial charge in [0.15, 0.2) is 11.6 Å². The fraction of sp³-hybridized carbons (Fsp3) is 0.286. The maximum Gasteiger partial charge on any atom is 0.174 e. The van der Waals surface area contributed by atoms with Gasteiger partial charge in [-0.25, -0.2) is 9.97 Å². The largest absolute Gasteiger partial charge is 0.490 e. The fourth-order valence-corrected chi connectivity index (χ4v) is 1.69. The Morgan fingerprint density at radius 3 is 2.78 bits per heavy atom. The van der Waals surface area contributed by atoms with Crippen molar-refractivity contribution in [3.8, 4) is 5.75 Å². The van der Waals surface area contributed by atoms with E-state index in [1.807, 2.05) is 45.0 Å². The van der Waals surface area contributed by atoms with E-state index in [1.54, 1.807) is 6.20 Å². The van der Waals surface area contributed by atoms with Crippen LogP contribution >= 0.6 is 0 Å². The number of pyridine rings is 2. The summed E-state index contributed by atoms with van der Waals surface area (Å²) in [5, 5.41) is 3.19. The first kappa shape index (κ1) is 12.4. The van der Waals surface area contributed by atoms with Crippen molar-refractivity contribution in [3.05, 3.63) is 41.7 Å². The predicted molar refractivity (Wildman–Crippen MR) is 72.4 cm³/mol. The van der Waals surface area contributed by atoms with Crippen LogP contribution in [0.4, 0.5) is 11.6 Å². The van der Waals surface area contributed by atoms with Crippen molar-refractivity contribution in [2.24, 2.45) is 0 Å². The van der Waals surface area contributed by atoms with Gasteiger partial charge in [0.2, 0.25) is 0 Å². The van der Waals surface area contributed by atoms with Crippen LogP contribution in [-0.4, -0.2) is 16.6 Å². The second kappa shape index (κ2) is 5.49. The summed E-state index contributed by atoms with van der Waals surface area (Å²) >= 11 is 0. The number of nitrogens with one attached hydrogen (secondary N) is 1. The first-order valence-electron chi connectivity index (χ1n) is 5.99. The van der Waals surface area contributed by atoms with Gasteiger partial charge in [0, 0.05) is 11.9 Å². The molecule has 1 N–H and O–H groups in total. The number of nitrogens with zero attached hydrogens (tertiary/aromatic N) is 2. The number of anilines is 2. The molecule has 0 unspecified atom stereocenters. The number of aryl methyl sites for hydroxylation is 2. The van der Waals surface area contributed by atoms with Crippen LogP contribution in [0.25, 0.3) is 0 Å². The minimum atomic E-state index is 0.614. The lowest BCUT2D eigenvalue weighted by atomic mass is 10.2. The van der Waals surface area contributed by atoms with Crippen molar-refractivity contribution in [3.63, 3.8) is 0 Å². The molecule has 0 aliphatic rings. The molecule has 0 saturated carbocycles. The Kier molecular flexibility index (Phi) is 3.77. The van der Waals surface area contributed by atoms with Crippen LogP contribution in [0.5, 0.6) is 5.75 Å². The molecule has 0 aliphatic carbocycles. The maximum atomic E-state index is 5.62. The number of aromatic nitrogens is 2. The summed E-state index contributed by atoms with van der Waals surface area (Å²) in [7, 11) is 0. The predicted octanol–water partition coefficient (Wildman–Crippen LogP) is 3.24. The van der Waals surface area contributed by atoms with Crippen molar-refractivity contribution >= 4 is 11.6 Å². The van der Waals surface area contributed by atoms with E-state index in [2.05, 4.69) is 15.3 Å². The van der Waals surface area contributed by atoms with E-state index in [1.165, 1.54) is 0 Å². The molecule has 18 heavy (non-hydrogen) atoms. The Morgan fingerprint density at radius 1 is 1.22 bits per heavy atom. The van der Waals surface area contributed by atoms with Gasteiger partial charge in [0.25, 0.3) is 0 Å². The lowest BCUT2D eigenvalue weighted by molar-refractivity contribution is 0.338. The highest BCUT2D eigenvalue weighted by Gasteiger charge is 2.08. The third kappa shape index (κ3) is 2.77. The van der Waals surface area contributed by atoms with Gasteiger partial charge in [0.05, 0.1) is 6.61 Å². The lowest BCUT2D eigenvalue weighted by Gasteiger charge is -2.13. The minimum Gasteiger partial charge on any atom is -0.490 e. The summed E-state index contributed by atoms with van der Waals surface area (Å²) < 4.78 is 5.62. The van der Waals surface area contributed by atoms with E-state index in [0.717, 1.165) is 22.8 Å². The summed E-state index contributed by atoms with van der Waals surface area (Å²) in [4.78, 5) is 8.70. The van der Waals surface area contributed by atoms with Crippen molar-refractivity contribution in [2.45, 2.75) is 20.8 Å². The van der Waals surface area contributed by atoms with E-state index in [-0.39, 0.29) is 0 Å². The third-order valence-corrected chi connectivity index (χ3v) is 2.52. The monoisotopic (exact) mass is 243 g/mol. The minimum absolute atomic E-state index is 0.614. The normalized spacial score (nSPS) is 10.2. The molecular formula is C14H17N3O. The van der Waals surface area contributed by atoms with Gasteiger partial charge < -0.3 is 10.1 Å². The number of hydrogen-bond donors (Lipinski definition) is 1. The zero-order valence-corrected chi connectivity index (χ0v) is 10.9. The van der Waals surface area contributed by atoms with Crippen LogP contribution in [0, 0.1) is 13.8 Å². The molecule has 2 rings (SSSR count). The van der Waals surface area contributed by atoms with Gasteiger partial charge in [-0.3, -0.25) is 0 Å². The number of hydrogen-bond acceptors (Lipinski definition) is 4. The molecule has 4 heteroatoms. The third-order valence-electron chi connectivity index (χ3n) is 2.52. The average Bonchev–Trinajstić information content (AvgIpc) is 2.34. The molecule has 0 aliphatic heterocycles. The highest BCUT2D eigenvalue weighted by molar-refractivity contribution is 5.61. The van der Waals surface area contributed by atoms with Crippen molar-refractivity contribution < 1.29 is 4.74 Å². The molecule has 4 nitrogen and oxygen atoms in total. The molecule has 2 aromatic rings. The molecule has 0 atom stereocenters. The highest BCUT2D eigenvalue weighted by atomic mass is 16.5. The molecule has 0 bridgehead atoms. The molecule has 0 amide bonds. The van der Waals surface area contributed by atoms with E-state index in [4.69, 9.17) is 4.74 Å². The summed E-state index contributed by atoms with van der Waals surface area (Å²) in [5.74, 6) is 2.26. The van der Waals surface area contributed by atoms with Gasteiger partial charge in [-0.15, -0.1) is 0 Å². The van der Waals surface area contributed by atoms with Gasteiger partial charge in [-0.05, 0) is 44.5 Å². The maximum absolute atomic E-state index is 5.62. The Balaban J connectivity index is 2.31. The Morgan fingerprint density at radius 2 is 2.06 bits per heavy atom. The SMILES string of the molecule is CCOc1c(C)ccnc1Nc1cccc(C)n1. The molecule has 0 aromatic carbocycles. The first-order chi connectivity index (χ1) is 8.70. The topological polar surface area (TPSA) is 47.0 Å². The Bertz CT molecular complexity index is 540. The highest BCUT2D eigenvalue weighted by Crippen LogP contribution is 2.28. The Hall–Kier alpha value is -2.10. The molecule has 0 radical (unpaired) electrons. The number of ether oxygens (including phenoxy) is 1. The number of rotatable bonds is 4. The molecule has 0 saturated heterocycles.